The molecule has 20 nitrogen and oxygen atoms in total. The molecule has 3 saturated heterocycles. The molecule has 0 unspecified atom stereocenters. The van der Waals surface area contributed by atoms with Gasteiger partial charge in [0.25, 0.3) is 0 Å². The fraction of sp³-hybridized carbons (Fsp3) is 0.545. The molecule has 6 rings (SSSR count). The van der Waals surface area contributed by atoms with Crippen LogP contribution in [0.3, 0.4) is 0 Å². The van der Waals surface area contributed by atoms with Gasteiger partial charge in [0, 0.05) is 17.7 Å². The zero-order chi connectivity index (χ0) is 38.5. The Hall–Kier alpha value is -3.71. The summed E-state index contributed by atoms with van der Waals surface area (Å²) in [5.41, 5.74) is -1.11. The first kappa shape index (κ1) is 39.0. The van der Waals surface area contributed by atoms with Crippen molar-refractivity contribution in [1.29, 1.82) is 0 Å². The lowest BCUT2D eigenvalue weighted by molar-refractivity contribution is -0.369. The Balaban J connectivity index is 1.26. The largest absolute Gasteiger partial charge is 0.508 e. The second kappa shape index (κ2) is 15.6. The molecule has 3 aliphatic rings. The van der Waals surface area contributed by atoms with E-state index in [4.69, 9.17) is 32.8 Å². The number of fused-ring (bicyclic) bond motifs is 1. The Labute approximate surface area is 298 Å². The predicted molar refractivity (Wildman–Crippen MR) is 171 cm³/mol. The molecule has 1 aromatic heterocycles. The molecule has 12 N–H and O–H groups in total. The highest BCUT2D eigenvalue weighted by Crippen LogP contribution is 2.38. The van der Waals surface area contributed by atoms with Crippen LogP contribution in [0.5, 0.6) is 23.0 Å². The van der Waals surface area contributed by atoms with Gasteiger partial charge in [-0.25, -0.2) is 0 Å². The lowest BCUT2D eigenvalue weighted by Gasteiger charge is -2.46. The number of hydrogen-bond acceptors (Lipinski definition) is 20. The summed E-state index contributed by atoms with van der Waals surface area (Å²) in [4.78, 5) is 13.8. The van der Waals surface area contributed by atoms with Crippen LogP contribution >= 0.6 is 0 Å². The average Bonchev–Trinajstić information content (AvgIpc) is 3.12. The van der Waals surface area contributed by atoms with E-state index in [0.29, 0.717) is 0 Å². The molecule has 0 bridgehead atoms. The first-order chi connectivity index (χ1) is 25.1. The van der Waals surface area contributed by atoms with Crippen molar-refractivity contribution >= 4 is 11.0 Å². The number of phenolic OH excluding ortho intramolecular Hbond substituents is 3. The summed E-state index contributed by atoms with van der Waals surface area (Å²) >= 11 is 0. The second-order valence-corrected chi connectivity index (χ2v) is 12.9. The summed E-state index contributed by atoms with van der Waals surface area (Å²) < 4.78 is 39.8. The third-order valence-electron chi connectivity index (χ3n) is 9.30. The van der Waals surface area contributed by atoms with Crippen LogP contribution in [0.25, 0.3) is 22.3 Å². The highest BCUT2D eigenvalue weighted by molar-refractivity contribution is 5.88. The maximum Gasteiger partial charge on any atom is 0.239 e. The van der Waals surface area contributed by atoms with Crippen molar-refractivity contribution < 1.29 is 94.1 Å². The molecule has 0 radical (unpaired) electrons. The van der Waals surface area contributed by atoms with Gasteiger partial charge in [0.15, 0.2) is 18.3 Å². The Morgan fingerprint density at radius 3 is 1.96 bits per heavy atom. The first-order valence-corrected chi connectivity index (χ1v) is 16.4. The number of benzene rings is 2. The van der Waals surface area contributed by atoms with Gasteiger partial charge in [0.1, 0.15) is 95.4 Å². The maximum absolute atomic E-state index is 13.8. The van der Waals surface area contributed by atoms with Crippen LogP contribution in [0.4, 0.5) is 0 Å². The van der Waals surface area contributed by atoms with E-state index >= 15 is 0 Å². The van der Waals surface area contributed by atoms with Crippen LogP contribution in [-0.2, 0) is 23.7 Å². The molecule has 292 valence electrons. The zero-order valence-corrected chi connectivity index (χ0v) is 27.7. The van der Waals surface area contributed by atoms with Crippen molar-refractivity contribution in [2.75, 3.05) is 13.2 Å². The number of aliphatic hydroxyl groups is 9. The van der Waals surface area contributed by atoms with E-state index in [0.717, 1.165) is 12.1 Å². The smallest absolute Gasteiger partial charge is 0.239 e. The summed E-state index contributed by atoms with van der Waals surface area (Å²) in [6, 6.07) is 7.16. The standard InChI is InChI=1S/C33H40O20/c1-10-19(38)25(44)30(53-31-26(45)23(42)20(39)16(8-34)50-31)33(48-10)47-9-17-21(40)24(43)27(46)32(51-17)52-29-22(41)18-14(37)6-13(36)7-15(18)49-28(29)11-2-4-12(35)5-3-11/h2-7,10,16-17,19-21,23-27,30-40,42-46H,8-9H2,1H3/t10-,16+,17+,19-,20-,21+,23-,24-,25+,26+,27+,30+,31-,32-,33+/m0/s1. The molecule has 15 atom stereocenters. The molecular formula is C33H40O20. The van der Waals surface area contributed by atoms with Gasteiger partial charge in [0.2, 0.25) is 17.5 Å². The van der Waals surface area contributed by atoms with Gasteiger partial charge >= 0.3 is 0 Å². The molecule has 53 heavy (non-hydrogen) atoms. The lowest BCUT2D eigenvalue weighted by atomic mass is 9.97. The molecule has 4 heterocycles. The van der Waals surface area contributed by atoms with Gasteiger partial charge in [-0.15, -0.1) is 0 Å². The van der Waals surface area contributed by atoms with Gasteiger partial charge < -0.3 is 94.1 Å². The van der Waals surface area contributed by atoms with Gasteiger partial charge in [-0.1, -0.05) is 0 Å². The fourth-order valence-corrected chi connectivity index (χ4v) is 6.25. The van der Waals surface area contributed by atoms with Crippen molar-refractivity contribution in [1.82, 2.24) is 0 Å². The highest BCUT2D eigenvalue weighted by atomic mass is 16.8. The number of aliphatic hydroxyl groups excluding tert-OH is 9. The van der Waals surface area contributed by atoms with Crippen molar-refractivity contribution in [2.45, 2.75) is 99.0 Å². The second-order valence-electron chi connectivity index (χ2n) is 12.9. The van der Waals surface area contributed by atoms with E-state index in [-0.39, 0.29) is 22.7 Å². The van der Waals surface area contributed by atoms with Crippen molar-refractivity contribution in [2.24, 2.45) is 0 Å². The highest BCUT2D eigenvalue weighted by Gasteiger charge is 2.51. The Morgan fingerprint density at radius 2 is 1.30 bits per heavy atom. The van der Waals surface area contributed by atoms with Gasteiger partial charge in [-0.05, 0) is 31.2 Å². The summed E-state index contributed by atoms with van der Waals surface area (Å²) in [6.45, 7) is -0.119. The van der Waals surface area contributed by atoms with E-state index in [1.165, 1.54) is 31.2 Å². The SMILES string of the molecule is C[C@@H]1O[C@@H](OC[C@H]2O[C@@H](Oc3c(-c4ccc(O)cc4)oc4cc(O)cc(O)c4c3=O)[C@H](O)[C@@H](O)[C@@H]2O)[C@H](O[C@@H]2O[C@H](CO)[C@H](O)[C@H](O)[C@H]2O)[C@H](O)[C@H]1O. The van der Waals surface area contributed by atoms with Crippen LogP contribution in [-0.4, -0.2) is 167 Å². The third-order valence-corrected chi connectivity index (χ3v) is 9.30. The molecule has 20 heteroatoms. The zero-order valence-electron chi connectivity index (χ0n) is 27.7. The Bertz CT molecular complexity index is 1780. The summed E-state index contributed by atoms with van der Waals surface area (Å²) in [7, 11) is 0. The lowest BCUT2D eigenvalue weighted by Crippen LogP contribution is -2.64. The maximum atomic E-state index is 13.8. The third kappa shape index (κ3) is 7.52. The summed E-state index contributed by atoms with van der Waals surface area (Å²) in [5.74, 6) is -2.21. The minimum atomic E-state index is -2.01. The van der Waals surface area contributed by atoms with Crippen LogP contribution in [0, 0.1) is 0 Å². The van der Waals surface area contributed by atoms with Gasteiger partial charge in [-0.3, -0.25) is 4.79 Å². The topological polar surface area (TPSA) is 328 Å². The Kier molecular flexibility index (Phi) is 11.5. The van der Waals surface area contributed by atoms with Crippen LogP contribution in [0.15, 0.2) is 45.6 Å². The van der Waals surface area contributed by atoms with E-state index in [2.05, 4.69) is 0 Å². The van der Waals surface area contributed by atoms with Crippen molar-refractivity contribution in [3.05, 3.63) is 46.6 Å². The van der Waals surface area contributed by atoms with E-state index < -0.39 is 133 Å². The minimum absolute atomic E-state index is 0.139. The van der Waals surface area contributed by atoms with E-state index in [1.807, 2.05) is 0 Å². The van der Waals surface area contributed by atoms with Crippen LogP contribution in [0.1, 0.15) is 6.92 Å². The summed E-state index contributed by atoms with van der Waals surface area (Å²) in [6.07, 6.45) is -25.8. The molecule has 0 amide bonds. The normalized spacial score (nSPS) is 37.8. The van der Waals surface area contributed by atoms with Crippen LogP contribution < -0.4 is 10.2 Å². The molecule has 3 aliphatic heterocycles. The fourth-order valence-electron chi connectivity index (χ4n) is 6.25. The Morgan fingerprint density at radius 1 is 0.679 bits per heavy atom. The van der Waals surface area contributed by atoms with E-state index in [1.54, 1.807) is 0 Å². The number of rotatable bonds is 9. The number of phenols is 3. The molecule has 0 spiro atoms. The number of aromatic hydroxyl groups is 3. The van der Waals surface area contributed by atoms with Gasteiger partial charge in [0.05, 0.1) is 19.3 Å². The van der Waals surface area contributed by atoms with Gasteiger partial charge in [-0.2, -0.15) is 0 Å². The number of hydrogen-bond donors (Lipinski definition) is 12. The molecule has 3 aromatic rings. The number of ether oxygens (including phenoxy) is 6. The van der Waals surface area contributed by atoms with Crippen LogP contribution in [0.2, 0.25) is 0 Å². The molecule has 0 aliphatic carbocycles. The van der Waals surface area contributed by atoms with Crippen molar-refractivity contribution in [3.63, 3.8) is 0 Å². The quantitative estimate of drug-likeness (QED) is 0.100. The first-order valence-electron chi connectivity index (χ1n) is 16.4. The molecule has 3 fully saturated rings. The molecule has 2 aromatic carbocycles. The monoisotopic (exact) mass is 756 g/mol. The predicted octanol–water partition coefficient (Wildman–Crippen LogP) is -3.57. The summed E-state index contributed by atoms with van der Waals surface area (Å²) in [5, 5.41) is 124. The molecule has 0 saturated carbocycles. The van der Waals surface area contributed by atoms with E-state index in [9.17, 15) is 66.1 Å². The van der Waals surface area contributed by atoms with Crippen molar-refractivity contribution in [3.8, 4) is 34.3 Å². The molecular weight excluding hydrogens is 716 g/mol. The minimum Gasteiger partial charge on any atom is -0.508 e. The average molecular weight is 757 g/mol.